The second-order valence-electron chi connectivity index (χ2n) is 6.31. The Morgan fingerprint density at radius 2 is 1.19 bits per heavy atom. The summed E-state index contributed by atoms with van der Waals surface area (Å²) in [5.41, 5.74) is -0.361. The molecule has 0 heterocycles. The standard InChI is InChI=1S/C12H28NO2P/c1-10(2)13(9)16(14-11(3,4)5)15-12(6,7)8/h10H,1-9H3. The maximum Gasteiger partial charge on any atom is 0.259 e. The van der Waals surface area contributed by atoms with E-state index in [-0.39, 0.29) is 11.2 Å². The Hall–Kier alpha value is 0.310. The van der Waals surface area contributed by atoms with E-state index in [0.717, 1.165) is 0 Å². The van der Waals surface area contributed by atoms with Gasteiger partial charge in [-0.15, -0.1) is 0 Å². The predicted octanol–water partition coefficient (Wildman–Crippen LogP) is 4.18. The summed E-state index contributed by atoms with van der Waals surface area (Å²) in [6.07, 6.45) is 0. The highest BCUT2D eigenvalue weighted by Crippen LogP contribution is 2.49. The average molecular weight is 249 g/mol. The monoisotopic (exact) mass is 249 g/mol. The van der Waals surface area contributed by atoms with E-state index < -0.39 is 8.53 Å². The highest BCUT2D eigenvalue weighted by Gasteiger charge is 2.30. The minimum Gasteiger partial charge on any atom is -0.316 e. The first-order chi connectivity index (χ1) is 6.92. The van der Waals surface area contributed by atoms with Crippen molar-refractivity contribution in [2.75, 3.05) is 7.05 Å². The Kier molecular flexibility index (Phi) is 5.88. The molecule has 0 N–H and O–H groups in total. The Bertz CT molecular complexity index is 190. The predicted molar refractivity (Wildman–Crippen MR) is 71.5 cm³/mol. The summed E-state index contributed by atoms with van der Waals surface area (Å²) in [6.45, 7) is 16.6. The van der Waals surface area contributed by atoms with Crippen LogP contribution in [-0.4, -0.2) is 29.0 Å². The van der Waals surface area contributed by atoms with Gasteiger partial charge in [-0.1, -0.05) is 0 Å². The van der Waals surface area contributed by atoms with E-state index in [0.29, 0.717) is 6.04 Å². The molecule has 0 aliphatic carbocycles. The van der Waals surface area contributed by atoms with Crippen molar-refractivity contribution >= 4 is 8.53 Å². The maximum atomic E-state index is 6.01. The molecule has 98 valence electrons. The Labute approximate surface area is 102 Å². The van der Waals surface area contributed by atoms with Gasteiger partial charge in [-0.05, 0) is 62.4 Å². The van der Waals surface area contributed by atoms with Crippen molar-refractivity contribution in [2.24, 2.45) is 0 Å². The zero-order valence-corrected chi connectivity index (χ0v) is 13.2. The average Bonchev–Trinajstić information content (AvgIpc) is 1.95. The fourth-order valence-corrected chi connectivity index (χ4v) is 2.41. The van der Waals surface area contributed by atoms with E-state index in [2.05, 4.69) is 60.1 Å². The summed E-state index contributed by atoms with van der Waals surface area (Å²) < 4.78 is 14.2. The molecule has 0 unspecified atom stereocenters. The molecule has 0 saturated heterocycles. The van der Waals surface area contributed by atoms with Gasteiger partial charge in [0.15, 0.2) is 0 Å². The zero-order valence-electron chi connectivity index (χ0n) is 12.3. The number of hydrogen-bond donors (Lipinski definition) is 0. The van der Waals surface area contributed by atoms with Crippen molar-refractivity contribution in [1.29, 1.82) is 0 Å². The van der Waals surface area contributed by atoms with Gasteiger partial charge in [0.05, 0.1) is 11.2 Å². The summed E-state index contributed by atoms with van der Waals surface area (Å²) in [5.74, 6) is 0. The molecule has 0 amide bonds. The van der Waals surface area contributed by atoms with Gasteiger partial charge >= 0.3 is 0 Å². The molecule has 0 atom stereocenters. The van der Waals surface area contributed by atoms with Crippen LogP contribution in [0, 0.1) is 0 Å². The molecule has 0 rings (SSSR count). The van der Waals surface area contributed by atoms with Crippen LogP contribution in [0.15, 0.2) is 0 Å². The van der Waals surface area contributed by atoms with Gasteiger partial charge < -0.3 is 9.05 Å². The minimum absolute atomic E-state index is 0.180. The minimum atomic E-state index is -1.00. The third-order valence-corrected chi connectivity index (χ3v) is 4.09. The van der Waals surface area contributed by atoms with Crippen LogP contribution in [0.4, 0.5) is 0 Å². The largest absolute Gasteiger partial charge is 0.316 e. The summed E-state index contributed by atoms with van der Waals surface area (Å²) >= 11 is 0. The number of nitrogens with zero attached hydrogens (tertiary/aromatic N) is 1. The Morgan fingerprint density at radius 1 is 0.875 bits per heavy atom. The highest BCUT2D eigenvalue weighted by molar-refractivity contribution is 7.44. The molecule has 0 aromatic rings. The highest BCUT2D eigenvalue weighted by atomic mass is 31.2. The number of hydrogen-bond acceptors (Lipinski definition) is 3. The van der Waals surface area contributed by atoms with E-state index in [9.17, 15) is 0 Å². The molecular formula is C12H28NO2P. The van der Waals surface area contributed by atoms with Crippen molar-refractivity contribution < 1.29 is 9.05 Å². The van der Waals surface area contributed by atoms with Gasteiger partial charge in [-0.25, -0.2) is 4.67 Å². The Balaban J connectivity index is 4.64. The van der Waals surface area contributed by atoms with E-state index in [4.69, 9.17) is 9.05 Å². The Morgan fingerprint density at radius 3 is 1.38 bits per heavy atom. The lowest BCUT2D eigenvalue weighted by molar-refractivity contribution is 0.0524. The van der Waals surface area contributed by atoms with Crippen molar-refractivity contribution in [3.05, 3.63) is 0 Å². The molecule has 0 aliphatic rings. The normalized spacial score (nSPS) is 14.2. The smallest absolute Gasteiger partial charge is 0.259 e. The number of rotatable bonds is 4. The van der Waals surface area contributed by atoms with Crippen LogP contribution in [-0.2, 0) is 9.05 Å². The molecule has 16 heavy (non-hydrogen) atoms. The van der Waals surface area contributed by atoms with Crippen LogP contribution in [0.25, 0.3) is 0 Å². The maximum absolute atomic E-state index is 6.01. The van der Waals surface area contributed by atoms with Crippen LogP contribution in [0.1, 0.15) is 55.4 Å². The molecule has 0 aromatic heterocycles. The fourth-order valence-electron chi connectivity index (χ4n) is 0.805. The van der Waals surface area contributed by atoms with Crippen molar-refractivity contribution in [2.45, 2.75) is 72.6 Å². The van der Waals surface area contributed by atoms with Gasteiger partial charge in [-0.2, -0.15) is 0 Å². The van der Waals surface area contributed by atoms with Crippen LogP contribution >= 0.6 is 8.53 Å². The third kappa shape index (κ3) is 7.56. The van der Waals surface area contributed by atoms with Gasteiger partial charge in [-0.3, -0.25) is 0 Å². The SMILES string of the molecule is CC(C)N(C)P(OC(C)(C)C)OC(C)(C)C. The first-order valence-corrected chi connectivity index (χ1v) is 6.96. The van der Waals surface area contributed by atoms with E-state index in [1.165, 1.54) is 0 Å². The van der Waals surface area contributed by atoms with Crippen LogP contribution < -0.4 is 0 Å². The molecule has 0 aromatic carbocycles. The first-order valence-electron chi connectivity index (χ1n) is 5.83. The molecule has 0 fully saturated rings. The lowest BCUT2D eigenvalue weighted by Crippen LogP contribution is -2.31. The molecular weight excluding hydrogens is 221 g/mol. The fraction of sp³-hybridized carbons (Fsp3) is 1.00. The quantitative estimate of drug-likeness (QED) is 0.697. The second-order valence-corrected chi connectivity index (χ2v) is 7.78. The molecule has 0 spiro atoms. The molecule has 0 saturated carbocycles. The van der Waals surface area contributed by atoms with Gasteiger partial charge in [0.1, 0.15) is 0 Å². The van der Waals surface area contributed by atoms with Crippen molar-refractivity contribution in [3.8, 4) is 0 Å². The van der Waals surface area contributed by atoms with Gasteiger partial charge in [0, 0.05) is 6.04 Å². The lowest BCUT2D eigenvalue weighted by atomic mass is 10.2. The van der Waals surface area contributed by atoms with Crippen LogP contribution in [0.5, 0.6) is 0 Å². The molecule has 4 heteroatoms. The van der Waals surface area contributed by atoms with Crippen LogP contribution in [0.2, 0.25) is 0 Å². The van der Waals surface area contributed by atoms with Gasteiger partial charge in [0.25, 0.3) is 8.53 Å². The summed E-state index contributed by atoms with van der Waals surface area (Å²) in [6, 6.07) is 0.413. The molecule has 0 bridgehead atoms. The third-order valence-electron chi connectivity index (χ3n) is 1.71. The van der Waals surface area contributed by atoms with Crippen molar-refractivity contribution in [1.82, 2.24) is 4.67 Å². The van der Waals surface area contributed by atoms with Crippen molar-refractivity contribution in [3.63, 3.8) is 0 Å². The molecule has 0 radical (unpaired) electrons. The first kappa shape index (κ1) is 16.3. The van der Waals surface area contributed by atoms with E-state index in [1.54, 1.807) is 0 Å². The molecule has 0 aliphatic heterocycles. The summed E-state index contributed by atoms with van der Waals surface area (Å²) in [5, 5.41) is 0. The van der Waals surface area contributed by atoms with Gasteiger partial charge in [0.2, 0.25) is 0 Å². The van der Waals surface area contributed by atoms with Crippen LogP contribution in [0.3, 0.4) is 0 Å². The summed E-state index contributed by atoms with van der Waals surface area (Å²) in [4.78, 5) is 0. The topological polar surface area (TPSA) is 21.7 Å². The molecule has 3 nitrogen and oxygen atoms in total. The van der Waals surface area contributed by atoms with E-state index in [1.807, 2.05) is 7.05 Å². The lowest BCUT2D eigenvalue weighted by Gasteiger charge is -2.37. The summed E-state index contributed by atoms with van der Waals surface area (Å²) in [7, 11) is 1.05. The zero-order chi connectivity index (χ0) is 13.1. The van der Waals surface area contributed by atoms with E-state index >= 15 is 0 Å². The second kappa shape index (κ2) is 5.77.